The van der Waals surface area contributed by atoms with Crippen molar-refractivity contribution in [2.75, 3.05) is 0 Å². The van der Waals surface area contributed by atoms with Crippen LogP contribution < -0.4 is 5.73 Å². The van der Waals surface area contributed by atoms with Crippen LogP contribution in [0.5, 0.6) is 0 Å². The molecular formula is C18H19NO. The molecule has 0 saturated carbocycles. The number of aliphatic hydroxyl groups is 1. The zero-order chi connectivity index (χ0) is 14.3. The number of fused-ring (bicyclic) bond motifs is 3. The molecule has 2 nitrogen and oxygen atoms in total. The normalized spacial score (nSPS) is 13.8. The summed E-state index contributed by atoms with van der Waals surface area (Å²) >= 11 is 0. The van der Waals surface area contributed by atoms with Crippen molar-refractivity contribution in [3.8, 4) is 0 Å². The Hall–Kier alpha value is -1.90. The fourth-order valence-corrected chi connectivity index (χ4v) is 2.62. The molecule has 3 aromatic rings. The molecule has 1 atom stereocenters. The highest BCUT2D eigenvalue weighted by Crippen LogP contribution is 2.30. The monoisotopic (exact) mass is 265 g/mol. The molecular weight excluding hydrogens is 246 g/mol. The molecule has 102 valence electrons. The molecule has 0 fully saturated rings. The van der Waals surface area contributed by atoms with E-state index in [4.69, 9.17) is 5.73 Å². The van der Waals surface area contributed by atoms with E-state index in [1.807, 2.05) is 38.1 Å². The van der Waals surface area contributed by atoms with Crippen LogP contribution >= 0.6 is 0 Å². The quantitative estimate of drug-likeness (QED) is 0.693. The van der Waals surface area contributed by atoms with Gasteiger partial charge in [-0.25, -0.2) is 0 Å². The third-order valence-corrected chi connectivity index (χ3v) is 3.79. The molecule has 0 aliphatic carbocycles. The van der Waals surface area contributed by atoms with Crippen molar-refractivity contribution < 1.29 is 5.11 Å². The number of hydrogen-bond acceptors (Lipinski definition) is 2. The van der Waals surface area contributed by atoms with Crippen molar-refractivity contribution in [1.29, 1.82) is 0 Å². The summed E-state index contributed by atoms with van der Waals surface area (Å²) in [4.78, 5) is 0. The highest BCUT2D eigenvalue weighted by Gasteiger charge is 2.24. The SMILES string of the molecule is CC(C)(N)C(O)c1ccc2ccc3ccccc3c2c1. The highest BCUT2D eigenvalue weighted by atomic mass is 16.3. The number of rotatable bonds is 2. The molecule has 2 heteroatoms. The molecule has 3 rings (SSSR count). The molecule has 0 radical (unpaired) electrons. The number of nitrogens with two attached hydrogens (primary N) is 1. The second-order valence-electron chi connectivity index (χ2n) is 5.99. The van der Waals surface area contributed by atoms with E-state index in [1.54, 1.807) is 0 Å². The van der Waals surface area contributed by atoms with Gasteiger partial charge in [-0.05, 0) is 47.0 Å². The smallest absolute Gasteiger partial charge is 0.0964 e. The van der Waals surface area contributed by atoms with Crippen LogP contribution in [-0.2, 0) is 0 Å². The van der Waals surface area contributed by atoms with Crippen molar-refractivity contribution in [2.24, 2.45) is 5.73 Å². The van der Waals surface area contributed by atoms with E-state index in [2.05, 4.69) is 30.3 Å². The van der Waals surface area contributed by atoms with Gasteiger partial charge in [0.2, 0.25) is 0 Å². The first-order valence-corrected chi connectivity index (χ1v) is 6.85. The minimum Gasteiger partial charge on any atom is -0.387 e. The molecule has 0 heterocycles. The molecule has 3 aromatic carbocycles. The van der Waals surface area contributed by atoms with Gasteiger partial charge in [-0.2, -0.15) is 0 Å². The predicted molar refractivity (Wildman–Crippen MR) is 84.7 cm³/mol. The first-order chi connectivity index (χ1) is 9.47. The Morgan fingerprint density at radius 1 is 0.900 bits per heavy atom. The lowest BCUT2D eigenvalue weighted by Crippen LogP contribution is -2.39. The van der Waals surface area contributed by atoms with Crippen LogP contribution in [0.3, 0.4) is 0 Å². The number of hydrogen-bond donors (Lipinski definition) is 2. The fourth-order valence-electron chi connectivity index (χ4n) is 2.62. The van der Waals surface area contributed by atoms with Gasteiger partial charge in [-0.15, -0.1) is 0 Å². The first-order valence-electron chi connectivity index (χ1n) is 6.85. The van der Waals surface area contributed by atoms with Gasteiger partial charge in [0.25, 0.3) is 0 Å². The summed E-state index contributed by atoms with van der Waals surface area (Å²) in [6.45, 7) is 3.68. The summed E-state index contributed by atoms with van der Waals surface area (Å²) in [6, 6.07) is 18.6. The Bertz CT molecular complexity index is 771. The van der Waals surface area contributed by atoms with E-state index in [0.29, 0.717) is 0 Å². The lowest BCUT2D eigenvalue weighted by Gasteiger charge is -2.26. The standard InChI is InChI=1S/C18H19NO/c1-18(2,19)17(20)14-10-9-13-8-7-12-5-3-4-6-15(12)16(13)11-14/h3-11,17,20H,19H2,1-2H3. The Balaban J connectivity index is 2.26. The van der Waals surface area contributed by atoms with Crippen molar-refractivity contribution in [3.63, 3.8) is 0 Å². The van der Waals surface area contributed by atoms with Crippen LogP contribution in [0.1, 0.15) is 25.5 Å². The van der Waals surface area contributed by atoms with Crippen molar-refractivity contribution in [3.05, 3.63) is 60.2 Å². The fraction of sp³-hybridized carbons (Fsp3) is 0.222. The van der Waals surface area contributed by atoms with E-state index < -0.39 is 11.6 Å². The van der Waals surface area contributed by atoms with Gasteiger partial charge >= 0.3 is 0 Å². The molecule has 0 aliphatic rings. The largest absolute Gasteiger partial charge is 0.387 e. The van der Waals surface area contributed by atoms with E-state index in [1.165, 1.54) is 16.2 Å². The van der Waals surface area contributed by atoms with Crippen LogP contribution in [0.15, 0.2) is 54.6 Å². The topological polar surface area (TPSA) is 46.2 Å². The molecule has 0 spiro atoms. The summed E-state index contributed by atoms with van der Waals surface area (Å²) in [6.07, 6.45) is -0.675. The van der Waals surface area contributed by atoms with Crippen LogP contribution in [0.25, 0.3) is 21.5 Å². The third-order valence-electron chi connectivity index (χ3n) is 3.79. The molecule has 0 saturated heterocycles. The van der Waals surface area contributed by atoms with Crippen LogP contribution in [0, 0.1) is 0 Å². The Labute approximate surface area is 118 Å². The zero-order valence-corrected chi connectivity index (χ0v) is 11.8. The lowest BCUT2D eigenvalue weighted by molar-refractivity contribution is 0.105. The van der Waals surface area contributed by atoms with Gasteiger partial charge in [-0.3, -0.25) is 0 Å². The highest BCUT2D eigenvalue weighted by molar-refractivity contribution is 6.07. The van der Waals surface area contributed by atoms with Gasteiger partial charge in [-0.1, -0.05) is 48.5 Å². The number of aliphatic hydroxyl groups excluding tert-OH is 1. The lowest BCUT2D eigenvalue weighted by atomic mass is 9.90. The van der Waals surface area contributed by atoms with Crippen molar-refractivity contribution in [1.82, 2.24) is 0 Å². The van der Waals surface area contributed by atoms with Crippen LogP contribution in [-0.4, -0.2) is 10.6 Å². The van der Waals surface area contributed by atoms with E-state index in [0.717, 1.165) is 10.9 Å². The predicted octanol–water partition coefficient (Wildman–Crippen LogP) is 3.76. The maximum absolute atomic E-state index is 10.4. The van der Waals surface area contributed by atoms with Gasteiger partial charge in [0, 0.05) is 5.54 Å². The number of benzene rings is 3. The summed E-state index contributed by atoms with van der Waals surface area (Å²) in [5, 5.41) is 15.1. The van der Waals surface area contributed by atoms with E-state index >= 15 is 0 Å². The average molecular weight is 265 g/mol. The van der Waals surface area contributed by atoms with Gasteiger partial charge in [0.05, 0.1) is 6.10 Å². The minimum atomic E-state index is -0.675. The van der Waals surface area contributed by atoms with E-state index in [9.17, 15) is 5.11 Å². The molecule has 1 unspecified atom stereocenters. The Morgan fingerprint density at radius 2 is 1.50 bits per heavy atom. The maximum Gasteiger partial charge on any atom is 0.0964 e. The molecule has 0 aromatic heterocycles. The summed E-state index contributed by atoms with van der Waals surface area (Å²) in [5.74, 6) is 0. The minimum absolute atomic E-state index is 0.655. The zero-order valence-electron chi connectivity index (χ0n) is 11.8. The summed E-state index contributed by atoms with van der Waals surface area (Å²) < 4.78 is 0. The van der Waals surface area contributed by atoms with Gasteiger partial charge < -0.3 is 10.8 Å². The maximum atomic E-state index is 10.4. The second kappa shape index (κ2) is 4.58. The van der Waals surface area contributed by atoms with Gasteiger partial charge in [0.1, 0.15) is 0 Å². The first kappa shape index (κ1) is 13.1. The van der Waals surface area contributed by atoms with E-state index in [-0.39, 0.29) is 0 Å². The van der Waals surface area contributed by atoms with Crippen molar-refractivity contribution >= 4 is 21.5 Å². The molecule has 20 heavy (non-hydrogen) atoms. The Morgan fingerprint density at radius 3 is 2.20 bits per heavy atom. The molecule has 0 bridgehead atoms. The second-order valence-corrected chi connectivity index (χ2v) is 5.99. The van der Waals surface area contributed by atoms with Gasteiger partial charge in [0.15, 0.2) is 0 Å². The summed E-state index contributed by atoms with van der Waals surface area (Å²) in [7, 11) is 0. The molecule has 0 aliphatic heterocycles. The molecule has 3 N–H and O–H groups in total. The van der Waals surface area contributed by atoms with Crippen LogP contribution in [0.4, 0.5) is 0 Å². The van der Waals surface area contributed by atoms with Crippen molar-refractivity contribution in [2.45, 2.75) is 25.5 Å². The Kier molecular flexibility index (Phi) is 3.00. The molecule has 0 amide bonds. The average Bonchev–Trinajstić information content (AvgIpc) is 2.45. The third kappa shape index (κ3) is 2.17. The van der Waals surface area contributed by atoms with Crippen LogP contribution in [0.2, 0.25) is 0 Å². The summed E-state index contributed by atoms with van der Waals surface area (Å²) in [5.41, 5.74) is 6.23.